The summed E-state index contributed by atoms with van der Waals surface area (Å²) in [4.78, 5) is 15.9. The van der Waals surface area contributed by atoms with Crippen LogP contribution in [0.5, 0.6) is 0 Å². The van der Waals surface area contributed by atoms with Crippen LogP contribution in [0.2, 0.25) is 15.1 Å². The van der Waals surface area contributed by atoms with Crippen molar-refractivity contribution in [1.82, 2.24) is 4.98 Å². The van der Waals surface area contributed by atoms with Gasteiger partial charge in [0.05, 0.1) is 20.8 Å². The Hall–Kier alpha value is -1.49. The second-order valence-electron chi connectivity index (χ2n) is 3.65. The number of nitrogens with one attached hydrogen (secondary N) is 1. The number of nitrogens with two attached hydrogens (primary N) is 1. The molecule has 3 N–H and O–H groups in total. The molecule has 0 unspecified atom stereocenters. The third-order valence-electron chi connectivity index (χ3n) is 2.26. The number of carbonyl (C=O) groups is 1. The second-order valence-corrected chi connectivity index (χ2v) is 4.87. The Bertz CT molecular complexity index is 646. The molecule has 4 nitrogen and oxygen atoms in total. The van der Waals surface area contributed by atoms with Gasteiger partial charge in [0.25, 0.3) is 5.91 Å². The fraction of sp³-hybridized carbons (Fsp3) is 0. The van der Waals surface area contributed by atoms with E-state index < -0.39 is 5.91 Å². The summed E-state index contributed by atoms with van der Waals surface area (Å²) in [5.74, 6) is -0.180. The Kier molecular flexibility index (Phi) is 4.14. The first-order chi connectivity index (χ1) is 8.97. The average Bonchev–Trinajstić information content (AvgIpc) is 2.36. The zero-order valence-electron chi connectivity index (χ0n) is 9.45. The predicted octanol–water partition coefficient (Wildman–Crippen LogP) is 3.88. The van der Waals surface area contributed by atoms with Gasteiger partial charge in [0, 0.05) is 0 Å². The summed E-state index contributed by atoms with van der Waals surface area (Å²) in [5, 5.41) is 3.48. The minimum atomic E-state index is -0.437. The zero-order chi connectivity index (χ0) is 14.0. The van der Waals surface area contributed by atoms with Gasteiger partial charge in [0.15, 0.2) is 0 Å². The smallest absolute Gasteiger partial charge is 0.274 e. The number of nitrogens with zero attached hydrogens (tertiary/aromatic N) is 1. The molecule has 2 rings (SSSR count). The quantitative estimate of drug-likeness (QED) is 0.826. The lowest BCUT2D eigenvalue weighted by Gasteiger charge is -2.08. The van der Waals surface area contributed by atoms with Crippen LogP contribution >= 0.6 is 34.8 Å². The van der Waals surface area contributed by atoms with Gasteiger partial charge in [-0.05, 0) is 24.3 Å². The van der Waals surface area contributed by atoms with Gasteiger partial charge in [-0.3, -0.25) is 4.79 Å². The summed E-state index contributed by atoms with van der Waals surface area (Å²) in [6.45, 7) is 0. The fourth-order valence-corrected chi connectivity index (χ4v) is 1.98. The molecule has 0 saturated heterocycles. The summed E-state index contributed by atoms with van der Waals surface area (Å²) >= 11 is 17.6. The minimum absolute atomic E-state index is 0.183. The molecule has 19 heavy (non-hydrogen) atoms. The van der Waals surface area contributed by atoms with E-state index in [-0.39, 0.29) is 16.5 Å². The van der Waals surface area contributed by atoms with E-state index >= 15 is 0 Å². The average molecular weight is 317 g/mol. The van der Waals surface area contributed by atoms with Gasteiger partial charge in [-0.1, -0.05) is 40.9 Å². The summed E-state index contributed by atoms with van der Waals surface area (Å²) in [7, 11) is 0. The van der Waals surface area contributed by atoms with Crippen molar-refractivity contribution < 1.29 is 4.79 Å². The molecular weight excluding hydrogens is 309 g/mol. The van der Waals surface area contributed by atoms with E-state index in [0.717, 1.165) is 0 Å². The highest BCUT2D eigenvalue weighted by atomic mass is 35.5. The van der Waals surface area contributed by atoms with Crippen LogP contribution in [0.4, 0.5) is 11.5 Å². The molecule has 1 amide bonds. The van der Waals surface area contributed by atoms with E-state index in [1.807, 2.05) is 0 Å². The number of pyridine rings is 1. The van der Waals surface area contributed by atoms with Crippen molar-refractivity contribution in [3.8, 4) is 0 Å². The first-order valence-electron chi connectivity index (χ1n) is 5.16. The Labute approximate surface area is 124 Å². The van der Waals surface area contributed by atoms with Gasteiger partial charge >= 0.3 is 0 Å². The lowest BCUT2D eigenvalue weighted by molar-refractivity contribution is 0.102. The highest BCUT2D eigenvalue weighted by Crippen LogP contribution is 2.32. The molecule has 0 aliphatic carbocycles. The highest BCUT2D eigenvalue weighted by Gasteiger charge is 2.12. The zero-order valence-corrected chi connectivity index (χ0v) is 11.7. The third-order valence-corrected chi connectivity index (χ3v) is 3.30. The van der Waals surface area contributed by atoms with E-state index in [0.29, 0.717) is 15.7 Å². The van der Waals surface area contributed by atoms with Crippen LogP contribution < -0.4 is 11.1 Å². The number of rotatable bonds is 2. The first-order valence-corrected chi connectivity index (χ1v) is 6.29. The van der Waals surface area contributed by atoms with Gasteiger partial charge in [-0.2, -0.15) is 0 Å². The van der Waals surface area contributed by atoms with Crippen LogP contribution in [0.25, 0.3) is 0 Å². The first kappa shape index (κ1) is 13.9. The number of hydrogen-bond acceptors (Lipinski definition) is 3. The molecule has 0 aliphatic rings. The fourth-order valence-electron chi connectivity index (χ4n) is 1.38. The molecule has 1 heterocycles. The Morgan fingerprint density at radius 2 is 1.79 bits per heavy atom. The second kappa shape index (κ2) is 5.65. The number of hydrogen-bond donors (Lipinski definition) is 2. The van der Waals surface area contributed by atoms with E-state index in [9.17, 15) is 4.79 Å². The summed E-state index contributed by atoms with van der Waals surface area (Å²) < 4.78 is 0. The van der Waals surface area contributed by atoms with Crippen molar-refractivity contribution in [2.45, 2.75) is 0 Å². The number of anilines is 2. The molecule has 0 saturated carbocycles. The van der Waals surface area contributed by atoms with Gasteiger partial charge in [0.1, 0.15) is 11.5 Å². The van der Waals surface area contributed by atoms with E-state index in [1.54, 1.807) is 12.1 Å². The van der Waals surface area contributed by atoms with Crippen molar-refractivity contribution in [3.05, 3.63) is 51.1 Å². The van der Waals surface area contributed by atoms with Crippen molar-refractivity contribution >= 4 is 52.2 Å². The Balaban J connectivity index is 2.27. The van der Waals surface area contributed by atoms with E-state index in [1.165, 1.54) is 18.2 Å². The van der Waals surface area contributed by atoms with E-state index in [4.69, 9.17) is 40.5 Å². The summed E-state index contributed by atoms with van der Waals surface area (Å²) in [6, 6.07) is 7.68. The molecule has 0 bridgehead atoms. The number of amides is 1. The predicted molar refractivity (Wildman–Crippen MR) is 78.1 cm³/mol. The molecule has 1 aromatic carbocycles. The number of halogens is 3. The molecule has 2 aromatic rings. The Morgan fingerprint density at radius 3 is 2.47 bits per heavy atom. The molecule has 0 atom stereocenters. The molecule has 0 spiro atoms. The topological polar surface area (TPSA) is 68.0 Å². The number of carbonyl (C=O) groups excluding carboxylic acids is 1. The minimum Gasteiger partial charge on any atom is -0.384 e. The van der Waals surface area contributed by atoms with E-state index in [2.05, 4.69) is 10.3 Å². The van der Waals surface area contributed by atoms with Crippen LogP contribution in [-0.2, 0) is 0 Å². The monoisotopic (exact) mass is 315 g/mol. The molecule has 0 radical (unpaired) electrons. The Morgan fingerprint density at radius 1 is 1.11 bits per heavy atom. The normalized spacial score (nSPS) is 10.3. The SMILES string of the molecule is Nc1cccc(C(=O)Nc2cc(Cl)c(Cl)cc2Cl)n1. The lowest BCUT2D eigenvalue weighted by Crippen LogP contribution is -2.14. The molecule has 7 heteroatoms. The molecular formula is C12H8Cl3N3O. The largest absolute Gasteiger partial charge is 0.384 e. The van der Waals surface area contributed by atoms with Crippen LogP contribution in [0.3, 0.4) is 0 Å². The van der Waals surface area contributed by atoms with Crippen molar-refractivity contribution in [1.29, 1.82) is 0 Å². The molecule has 1 aromatic heterocycles. The van der Waals surface area contributed by atoms with Crippen LogP contribution in [0.1, 0.15) is 10.5 Å². The van der Waals surface area contributed by atoms with Gasteiger partial charge in [-0.15, -0.1) is 0 Å². The maximum absolute atomic E-state index is 12.0. The maximum Gasteiger partial charge on any atom is 0.274 e. The molecule has 0 aliphatic heterocycles. The van der Waals surface area contributed by atoms with Crippen LogP contribution in [-0.4, -0.2) is 10.9 Å². The number of nitrogen functional groups attached to an aromatic ring is 1. The van der Waals surface area contributed by atoms with Crippen LogP contribution in [0.15, 0.2) is 30.3 Å². The molecule has 98 valence electrons. The lowest BCUT2D eigenvalue weighted by atomic mass is 10.3. The third kappa shape index (κ3) is 3.29. The standard InChI is InChI=1S/C12H8Cl3N3O/c13-6-4-8(15)10(5-7(6)14)18-12(19)9-2-1-3-11(16)17-9/h1-5H,(H2,16,17)(H,18,19). The number of aromatic nitrogens is 1. The highest BCUT2D eigenvalue weighted by molar-refractivity contribution is 6.44. The molecule has 0 fully saturated rings. The van der Waals surface area contributed by atoms with Crippen LogP contribution in [0, 0.1) is 0 Å². The van der Waals surface area contributed by atoms with Crippen molar-refractivity contribution in [2.24, 2.45) is 0 Å². The maximum atomic E-state index is 12.0. The van der Waals surface area contributed by atoms with Crippen molar-refractivity contribution in [3.63, 3.8) is 0 Å². The van der Waals surface area contributed by atoms with Gasteiger partial charge in [0.2, 0.25) is 0 Å². The van der Waals surface area contributed by atoms with Gasteiger partial charge in [-0.25, -0.2) is 4.98 Å². The number of benzene rings is 1. The summed E-state index contributed by atoms with van der Waals surface area (Å²) in [6.07, 6.45) is 0. The van der Waals surface area contributed by atoms with Crippen molar-refractivity contribution in [2.75, 3.05) is 11.1 Å². The summed E-state index contributed by atoms with van der Waals surface area (Å²) in [5.41, 5.74) is 6.04. The van der Waals surface area contributed by atoms with Gasteiger partial charge < -0.3 is 11.1 Å².